The molecule has 1 fully saturated rings. The molecule has 3 aromatic carbocycles. The lowest BCUT2D eigenvalue weighted by molar-refractivity contribution is -0.209. The molecule has 2 N–H and O–H groups in total. The predicted octanol–water partition coefficient (Wildman–Crippen LogP) is 4.97. The van der Waals surface area contributed by atoms with Gasteiger partial charge in [-0.3, -0.25) is 0 Å². The Morgan fingerprint density at radius 2 is 1.25 bits per heavy atom. The first-order chi connectivity index (χ1) is 15.7. The van der Waals surface area contributed by atoms with E-state index in [2.05, 4.69) is 0 Å². The van der Waals surface area contributed by atoms with Crippen LogP contribution < -0.4 is 5.73 Å². The summed E-state index contributed by atoms with van der Waals surface area (Å²) in [7, 11) is 0. The maximum absolute atomic E-state index is 15.9. The molecule has 4 rings (SSSR count). The Labute approximate surface area is 192 Å². The number of nitrogens with two attached hydrogens (primary N) is 1. The number of rotatable bonds is 9. The van der Waals surface area contributed by atoms with Crippen molar-refractivity contribution in [2.24, 2.45) is 5.73 Å². The Morgan fingerprint density at radius 3 is 1.78 bits per heavy atom. The van der Waals surface area contributed by atoms with Crippen molar-refractivity contribution >= 4 is 11.8 Å². The zero-order valence-electron chi connectivity index (χ0n) is 17.8. The molecule has 0 aliphatic carbocycles. The molecule has 1 heterocycles. The van der Waals surface area contributed by atoms with E-state index in [0.717, 1.165) is 16.0 Å². The molecule has 0 saturated carbocycles. The van der Waals surface area contributed by atoms with Gasteiger partial charge in [-0.25, -0.2) is 4.39 Å². The van der Waals surface area contributed by atoms with Gasteiger partial charge in [-0.05, 0) is 23.3 Å². The fraction of sp³-hybridized carbons (Fsp3) is 0.308. The van der Waals surface area contributed by atoms with E-state index < -0.39 is 29.9 Å². The highest BCUT2D eigenvalue weighted by Gasteiger charge is 2.47. The number of hydrogen-bond donors (Lipinski definition) is 1. The average molecular weight is 454 g/mol. The third-order valence-corrected chi connectivity index (χ3v) is 6.53. The van der Waals surface area contributed by atoms with Crippen molar-refractivity contribution in [3.8, 4) is 0 Å². The minimum atomic E-state index is -1.38. The lowest BCUT2D eigenvalue weighted by atomic mass is 10.0. The van der Waals surface area contributed by atoms with Gasteiger partial charge in [0.1, 0.15) is 23.7 Å². The zero-order valence-corrected chi connectivity index (χ0v) is 18.6. The maximum atomic E-state index is 15.9. The second-order valence-electron chi connectivity index (χ2n) is 7.68. The van der Waals surface area contributed by atoms with Gasteiger partial charge in [0.2, 0.25) is 0 Å². The second kappa shape index (κ2) is 11.6. The Hall–Kier alpha value is -2.22. The number of hydrogen-bond acceptors (Lipinski definition) is 5. The van der Waals surface area contributed by atoms with Crippen LogP contribution in [0.2, 0.25) is 0 Å². The highest BCUT2D eigenvalue weighted by molar-refractivity contribution is 7.99. The van der Waals surface area contributed by atoms with Crippen LogP contribution in [0.1, 0.15) is 11.1 Å². The van der Waals surface area contributed by atoms with Crippen LogP contribution in [0, 0.1) is 0 Å². The molecule has 3 aromatic rings. The van der Waals surface area contributed by atoms with Crippen LogP contribution in [0.25, 0.3) is 0 Å². The van der Waals surface area contributed by atoms with Crippen LogP contribution in [-0.4, -0.2) is 36.5 Å². The van der Waals surface area contributed by atoms with Crippen LogP contribution >= 0.6 is 11.8 Å². The van der Waals surface area contributed by atoms with Crippen molar-refractivity contribution in [3.05, 3.63) is 102 Å². The first-order valence-corrected chi connectivity index (χ1v) is 11.6. The monoisotopic (exact) mass is 453 g/mol. The Kier molecular flexibility index (Phi) is 8.31. The van der Waals surface area contributed by atoms with E-state index in [9.17, 15) is 0 Å². The molecule has 32 heavy (non-hydrogen) atoms. The van der Waals surface area contributed by atoms with Gasteiger partial charge in [0.15, 0.2) is 6.17 Å². The molecule has 0 bridgehead atoms. The van der Waals surface area contributed by atoms with Crippen LogP contribution in [0.4, 0.5) is 4.39 Å². The van der Waals surface area contributed by atoms with E-state index in [1.807, 2.05) is 91.0 Å². The number of halogens is 1. The van der Waals surface area contributed by atoms with Gasteiger partial charge in [-0.15, -0.1) is 0 Å². The van der Waals surface area contributed by atoms with Crippen molar-refractivity contribution in [3.63, 3.8) is 0 Å². The largest absolute Gasteiger partial charge is 0.368 e. The van der Waals surface area contributed by atoms with E-state index in [1.54, 1.807) is 0 Å². The highest BCUT2D eigenvalue weighted by Crippen LogP contribution is 2.37. The third-order valence-electron chi connectivity index (χ3n) is 5.37. The van der Waals surface area contributed by atoms with Crippen molar-refractivity contribution in [2.45, 2.75) is 48.0 Å². The minimum Gasteiger partial charge on any atom is -0.368 e. The molecule has 0 aromatic heterocycles. The van der Waals surface area contributed by atoms with Crippen LogP contribution in [0.5, 0.6) is 0 Å². The first kappa shape index (κ1) is 23.0. The highest BCUT2D eigenvalue weighted by atomic mass is 32.2. The molecule has 5 atom stereocenters. The average Bonchev–Trinajstić information content (AvgIpc) is 2.85. The number of alkyl halides is 1. The molecule has 1 aliphatic heterocycles. The molecule has 168 valence electrons. The second-order valence-corrected chi connectivity index (χ2v) is 8.85. The number of thioether (sulfide) groups is 1. The Morgan fingerprint density at radius 1 is 0.750 bits per heavy atom. The van der Waals surface area contributed by atoms with Crippen molar-refractivity contribution in [1.82, 2.24) is 0 Å². The van der Waals surface area contributed by atoms with E-state index in [-0.39, 0.29) is 13.2 Å². The maximum Gasteiger partial charge on any atom is 0.158 e. The van der Waals surface area contributed by atoms with E-state index in [4.69, 9.17) is 19.9 Å². The van der Waals surface area contributed by atoms with Crippen molar-refractivity contribution in [2.75, 3.05) is 6.54 Å². The van der Waals surface area contributed by atoms with E-state index >= 15 is 4.39 Å². The van der Waals surface area contributed by atoms with Gasteiger partial charge in [0.25, 0.3) is 0 Å². The fourth-order valence-electron chi connectivity index (χ4n) is 3.69. The molecule has 1 saturated heterocycles. The summed E-state index contributed by atoms with van der Waals surface area (Å²) >= 11 is 1.45. The van der Waals surface area contributed by atoms with Gasteiger partial charge >= 0.3 is 0 Å². The third kappa shape index (κ3) is 5.97. The van der Waals surface area contributed by atoms with Gasteiger partial charge in [-0.2, -0.15) is 0 Å². The van der Waals surface area contributed by atoms with Crippen LogP contribution in [0.15, 0.2) is 95.9 Å². The van der Waals surface area contributed by atoms with Gasteiger partial charge in [0.05, 0.1) is 13.2 Å². The van der Waals surface area contributed by atoms with Crippen LogP contribution in [0.3, 0.4) is 0 Å². The molecular formula is C26H28FNO3S. The summed E-state index contributed by atoms with van der Waals surface area (Å²) in [6.07, 6.45) is -3.56. The van der Waals surface area contributed by atoms with Gasteiger partial charge in [-0.1, -0.05) is 90.6 Å². The normalized spacial score (nSPS) is 25.5. The molecule has 0 radical (unpaired) electrons. The summed E-state index contributed by atoms with van der Waals surface area (Å²) < 4.78 is 34.3. The molecular weight excluding hydrogens is 425 g/mol. The molecule has 0 spiro atoms. The SMILES string of the molecule is NC[C@H]1O[C@@H](Sc2ccccc2)[C@H](OCc2ccccc2)[C@@H](F)[C@@H]1OCc1ccccc1. The smallest absolute Gasteiger partial charge is 0.158 e. The van der Waals surface area contributed by atoms with E-state index in [1.165, 1.54) is 11.8 Å². The molecule has 4 nitrogen and oxygen atoms in total. The lowest BCUT2D eigenvalue weighted by Gasteiger charge is -2.42. The summed E-state index contributed by atoms with van der Waals surface area (Å²) in [6.45, 7) is 0.741. The summed E-state index contributed by atoms with van der Waals surface area (Å²) in [5.74, 6) is 0. The zero-order chi connectivity index (χ0) is 22.2. The molecule has 0 unspecified atom stereocenters. The fourth-order valence-corrected chi connectivity index (χ4v) is 4.83. The van der Waals surface area contributed by atoms with Crippen molar-refractivity contribution < 1.29 is 18.6 Å². The molecule has 1 aliphatic rings. The quantitative estimate of drug-likeness (QED) is 0.496. The summed E-state index contributed by atoms with van der Waals surface area (Å²) in [5.41, 5.74) is 7.38. The minimum absolute atomic E-state index is 0.164. The number of ether oxygens (including phenoxy) is 3. The summed E-state index contributed by atoms with van der Waals surface area (Å²) in [4.78, 5) is 0.984. The van der Waals surface area contributed by atoms with Gasteiger partial charge < -0.3 is 19.9 Å². The van der Waals surface area contributed by atoms with Crippen LogP contribution in [-0.2, 0) is 27.4 Å². The first-order valence-electron chi connectivity index (χ1n) is 10.8. The molecule has 0 amide bonds. The summed E-state index contributed by atoms with van der Waals surface area (Å²) in [6, 6.07) is 29.2. The van der Waals surface area contributed by atoms with Crippen molar-refractivity contribution in [1.29, 1.82) is 0 Å². The number of benzene rings is 3. The van der Waals surface area contributed by atoms with E-state index in [0.29, 0.717) is 6.61 Å². The predicted molar refractivity (Wildman–Crippen MR) is 125 cm³/mol. The van der Waals surface area contributed by atoms with Gasteiger partial charge in [0, 0.05) is 11.4 Å². The topological polar surface area (TPSA) is 53.7 Å². The standard InChI is InChI=1S/C26H28FNO3S/c27-23-24(29-17-19-10-4-1-5-11-19)22(16-28)31-26(32-21-14-8-3-9-15-21)25(23)30-18-20-12-6-2-7-13-20/h1-15,22-26H,16-18,28H2/t22-,23+,24-,25-,26+/m1/s1. The molecule has 6 heteroatoms. The lowest BCUT2D eigenvalue weighted by Crippen LogP contribution is -2.58. The summed E-state index contributed by atoms with van der Waals surface area (Å²) in [5, 5.41) is 0. The Bertz CT molecular complexity index is 932. The Balaban J connectivity index is 1.51.